The van der Waals surface area contributed by atoms with Crippen LogP contribution >= 0.6 is 11.3 Å². The number of aliphatic imine (C=N–C) groups is 2. The zero-order chi connectivity index (χ0) is 38.1. The fourth-order valence-electron chi connectivity index (χ4n) is 8.85. The molecule has 7 aromatic rings. The van der Waals surface area contributed by atoms with E-state index in [0.29, 0.717) is 5.92 Å². The van der Waals surface area contributed by atoms with E-state index < -0.39 is 0 Å². The van der Waals surface area contributed by atoms with E-state index in [9.17, 15) is 0 Å². The van der Waals surface area contributed by atoms with Crippen LogP contribution in [0.5, 0.6) is 0 Å². The van der Waals surface area contributed by atoms with Gasteiger partial charge in [-0.15, -0.1) is 11.3 Å². The first-order valence-corrected chi connectivity index (χ1v) is 21.2. The van der Waals surface area contributed by atoms with Crippen molar-refractivity contribution in [2.24, 2.45) is 15.9 Å². The number of amidine groups is 1. The molecule has 0 fully saturated rings. The fourth-order valence-corrected chi connectivity index (χ4v) is 9.99. The third kappa shape index (κ3) is 6.98. The van der Waals surface area contributed by atoms with Gasteiger partial charge in [-0.25, -0.2) is 4.99 Å². The Morgan fingerprint density at radius 1 is 0.579 bits per heavy atom. The molecule has 3 unspecified atom stereocenters. The minimum absolute atomic E-state index is 0.0819. The van der Waals surface area contributed by atoms with Crippen molar-refractivity contribution in [1.82, 2.24) is 0 Å². The molecular formula is C54H44N2S. The lowest BCUT2D eigenvalue weighted by Gasteiger charge is -2.31. The van der Waals surface area contributed by atoms with Gasteiger partial charge in [0.1, 0.15) is 0 Å². The quantitative estimate of drug-likeness (QED) is 0.148. The molecule has 3 aliphatic rings. The molecule has 57 heavy (non-hydrogen) atoms. The number of rotatable bonds is 8. The van der Waals surface area contributed by atoms with Crippen LogP contribution in [0.1, 0.15) is 72.4 Å². The van der Waals surface area contributed by atoms with E-state index in [1.165, 1.54) is 70.3 Å². The zero-order valence-electron chi connectivity index (χ0n) is 32.2. The lowest BCUT2D eigenvalue weighted by atomic mass is 9.81. The van der Waals surface area contributed by atoms with Crippen molar-refractivity contribution in [2.45, 2.75) is 44.6 Å². The maximum absolute atomic E-state index is 5.62. The molecule has 1 aliphatic heterocycles. The SMILES string of the molecule is CCC1C(c2cc(C3=CCCC=C3)cc(-c3ccccc3)c2)=NC(c2cccc(C3C=CC=CC3)c2)=NC1c1cccc(-c2ccc3c(c2)sc2ccccc23)c1. The normalized spacial score (nSPS) is 19.1. The van der Waals surface area contributed by atoms with Crippen molar-refractivity contribution < 1.29 is 0 Å². The molecule has 3 heteroatoms. The summed E-state index contributed by atoms with van der Waals surface area (Å²) in [4.78, 5) is 11.2. The smallest absolute Gasteiger partial charge is 0.155 e. The van der Waals surface area contributed by atoms with E-state index in [0.717, 1.165) is 42.8 Å². The molecule has 2 nitrogen and oxygen atoms in total. The lowest BCUT2D eigenvalue weighted by Crippen LogP contribution is -2.28. The van der Waals surface area contributed by atoms with Gasteiger partial charge in [-0.2, -0.15) is 0 Å². The lowest BCUT2D eigenvalue weighted by molar-refractivity contribution is 0.532. The molecule has 3 atom stereocenters. The average molecular weight is 753 g/mol. The summed E-state index contributed by atoms with van der Waals surface area (Å²) in [6.45, 7) is 2.30. The van der Waals surface area contributed by atoms with Crippen LogP contribution in [0.2, 0.25) is 0 Å². The molecule has 0 N–H and O–H groups in total. The summed E-state index contributed by atoms with van der Waals surface area (Å²) in [6, 6.07) is 51.5. The van der Waals surface area contributed by atoms with Gasteiger partial charge in [0, 0.05) is 37.6 Å². The molecule has 0 radical (unpaired) electrons. The second-order valence-electron chi connectivity index (χ2n) is 15.4. The number of thiophene rings is 1. The van der Waals surface area contributed by atoms with Gasteiger partial charge < -0.3 is 0 Å². The Morgan fingerprint density at radius 3 is 2.18 bits per heavy atom. The van der Waals surface area contributed by atoms with E-state index in [1.807, 2.05) is 11.3 Å². The molecule has 0 spiro atoms. The summed E-state index contributed by atoms with van der Waals surface area (Å²) in [5.41, 5.74) is 13.2. The van der Waals surface area contributed by atoms with Gasteiger partial charge in [-0.05, 0) is 118 Å². The summed E-state index contributed by atoms with van der Waals surface area (Å²) in [5, 5.41) is 2.65. The first-order valence-electron chi connectivity index (χ1n) is 20.4. The highest BCUT2D eigenvalue weighted by Gasteiger charge is 2.33. The summed E-state index contributed by atoms with van der Waals surface area (Å²) in [6.07, 6.45) is 19.9. The highest BCUT2D eigenvalue weighted by molar-refractivity contribution is 7.25. The Kier molecular flexibility index (Phi) is 9.53. The van der Waals surface area contributed by atoms with Crippen LogP contribution in [0.4, 0.5) is 0 Å². The van der Waals surface area contributed by atoms with E-state index in [-0.39, 0.29) is 12.0 Å². The topological polar surface area (TPSA) is 24.7 Å². The number of hydrogen-bond donors (Lipinski definition) is 0. The van der Waals surface area contributed by atoms with Crippen molar-refractivity contribution in [3.8, 4) is 22.3 Å². The summed E-state index contributed by atoms with van der Waals surface area (Å²) >= 11 is 1.87. The van der Waals surface area contributed by atoms with E-state index in [1.54, 1.807) is 0 Å². The molecule has 10 rings (SSSR count). The molecule has 0 saturated heterocycles. The highest BCUT2D eigenvalue weighted by atomic mass is 32.1. The van der Waals surface area contributed by atoms with Crippen molar-refractivity contribution in [2.75, 3.05) is 0 Å². The van der Waals surface area contributed by atoms with Gasteiger partial charge in [0.2, 0.25) is 0 Å². The minimum Gasteiger partial charge on any atom is -0.257 e. The predicted octanol–water partition coefficient (Wildman–Crippen LogP) is 14.7. The van der Waals surface area contributed by atoms with E-state index >= 15 is 0 Å². The van der Waals surface area contributed by atoms with Crippen LogP contribution < -0.4 is 0 Å². The van der Waals surface area contributed by atoms with Crippen LogP contribution in [0, 0.1) is 5.92 Å². The Hall–Kier alpha value is -6.16. The number of hydrogen-bond acceptors (Lipinski definition) is 3. The molecule has 2 aliphatic carbocycles. The molecule has 0 bridgehead atoms. The van der Waals surface area contributed by atoms with Crippen LogP contribution in [0.3, 0.4) is 0 Å². The van der Waals surface area contributed by atoms with Crippen molar-refractivity contribution in [1.29, 1.82) is 0 Å². The maximum Gasteiger partial charge on any atom is 0.155 e. The first-order chi connectivity index (χ1) is 28.2. The predicted molar refractivity (Wildman–Crippen MR) is 245 cm³/mol. The Morgan fingerprint density at radius 2 is 1.33 bits per heavy atom. The zero-order valence-corrected chi connectivity index (χ0v) is 33.0. The van der Waals surface area contributed by atoms with Gasteiger partial charge >= 0.3 is 0 Å². The van der Waals surface area contributed by atoms with Crippen LogP contribution in [-0.2, 0) is 0 Å². The van der Waals surface area contributed by atoms with Gasteiger partial charge in [0.05, 0.1) is 11.8 Å². The minimum atomic E-state index is -0.107. The van der Waals surface area contributed by atoms with Gasteiger partial charge in [-0.3, -0.25) is 4.99 Å². The monoisotopic (exact) mass is 752 g/mol. The second kappa shape index (κ2) is 15.4. The fraction of sp³-hybridized carbons (Fsp3) is 0.148. The standard InChI is InChI=1S/C54H44N2S/c1-2-47-52(42-24-14-23-40(30-42)41-28-29-49-48-26-12-13-27-50(48)57-51(49)35-41)55-54(43-25-15-22-39(31-43)36-16-6-3-7-17-36)56-53(47)46-33-44(37-18-8-4-9-19-37)32-45(34-46)38-20-10-5-11-21-38/h3-4,6-10,12-16,18-36,47,52H,2,5,11,17H2,1H3. The van der Waals surface area contributed by atoms with Crippen LogP contribution in [0.15, 0.2) is 192 Å². The molecule has 1 aromatic heterocycles. The Labute approximate surface area is 339 Å². The van der Waals surface area contributed by atoms with E-state index in [4.69, 9.17) is 9.98 Å². The number of fused-ring (bicyclic) bond motifs is 3. The maximum atomic E-state index is 5.62. The molecule has 6 aromatic carbocycles. The molecule has 0 saturated carbocycles. The van der Waals surface area contributed by atoms with Crippen molar-refractivity contribution >= 4 is 48.6 Å². The second-order valence-corrected chi connectivity index (χ2v) is 16.5. The highest BCUT2D eigenvalue weighted by Crippen LogP contribution is 2.41. The van der Waals surface area contributed by atoms with Gasteiger partial charge in [-0.1, -0.05) is 147 Å². The number of allylic oxidation sites excluding steroid dienone is 8. The molecular weight excluding hydrogens is 709 g/mol. The number of benzene rings is 6. The third-order valence-corrected chi connectivity index (χ3v) is 13.0. The first kappa shape index (κ1) is 35.3. The third-order valence-electron chi connectivity index (χ3n) is 11.8. The molecule has 0 amide bonds. The summed E-state index contributed by atoms with van der Waals surface area (Å²) in [7, 11) is 0. The van der Waals surface area contributed by atoms with Crippen molar-refractivity contribution in [3.63, 3.8) is 0 Å². The van der Waals surface area contributed by atoms with Crippen LogP contribution in [0.25, 0.3) is 48.0 Å². The molecule has 276 valence electrons. The van der Waals surface area contributed by atoms with Gasteiger partial charge in [0.25, 0.3) is 0 Å². The van der Waals surface area contributed by atoms with Gasteiger partial charge in [0.15, 0.2) is 5.84 Å². The summed E-state index contributed by atoms with van der Waals surface area (Å²) in [5.74, 6) is 1.23. The average Bonchev–Trinajstić information content (AvgIpc) is 3.67. The van der Waals surface area contributed by atoms with Crippen LogP contribution in [-0.4, -0.2) is 11.5 Å². The largest absolute Gasteiger partial charge is 0.257 e. The molecule has 2 heterocycles. The Bertz CT molecular complexity index is 2830. The van der Waals surface area contributed by atoms with E-state index in [2.05, 4.69) is 189 Å². The Balaban J connectivity index is 1.12. The van der Waals surface area contributed by atoms with Crippen molar-refractivity contribution in [3.05, 3.63) is 210 Å². The number of nitrogens with zero attached hydrogens (tertiary/aromatic N) is 2. The summed E-state index contributed by atoms with van der Waals surface area (Å²) < 4.78 is 2.65.